The Kier molecular flexibility index (Phi) is 4.24. The Bertz CT molecular complexity index is 1180. The third-order valence-corrected chi connectivity index (χ3v) is 5.52. The van der Waals surface area contributed by atoms with E-state index in [1.807, 2.05) is 6.07 Å². The molecule has 1 aliphatic heterocycles. The van der Waals surface area contributed by atoms with E-state index >= 15 is 0 Å². The highest BCUT2D eigenvalue weighted by atomic mass is 16.4. The van der Waals surface area contributed by atoms with Crippen molar-refractivity contribution >= 4 is 22.8 Å². The molecule has 3 heterocycles. The predicted octanol–water partition coefficient (Wildman–Crippen LogP) is 3.74. The molecule has 5 rings (SSSR count). The molecule has 0 unspecified atom stereocenters. The predicted molar refractivity (Wildman–Crippen MR) is 111 cm³/mol. The monoisotopic (exact) mass is 384 g/mol. The summed E-state index contributed by atoms with van der Waals surface area (Å²) in [4.78, 5) is 21.8. The lowest BCUT2D eigenvalue weighted by Gasteiger charge is -2.28. The van der Waals surface area contributed by atoms with Crippen LogP contribution in [0.25, 0.3) is 10.9 Å². The molecule has 0 bridgehead atoms. The molecule has 6 nitrogen and oxygen atoms in total. The number of fused-ring (bicyclic) bond motifs is 3. The van der Waals surface area contributed by atoms with E-state index in [0.717, 1.165) is 19.5 Å². The molecule has 0 atom stereocenters. The fourth-order valence-corrected chi connectivity index (χ4v) is 4.11. The molecule has 0 saturated heterocycles. The van der Waals surface area contributed by atoms with Crippen LogP contribution < -0.4 is 4.90 Å². The van der Waals surface area contributed by atoms with E-state index in [4.69, 9.17) is 5.11 Å². The molecule has 2 aromatic heterocycles. The van der Waals surface area contributed by atoms with E-state index < -0.39 is 5.97 Å². The van der Waals surface area contributed by atoms with Gasteiger partial charge in [-0.05, 0) is 23.6 Å². The van der Waals surface area contributed by atoms with Gasteiger partial charge in [0.1, 0.15) is 0 Å². The summed E-state index contributed by atoms with van der Waals surface area (Å²) in [6.45, 7) is 2.31. The lowest BCUT2D eigenvalue weighted by Crippen LogP contribution is -2.32. The third kappa shape index (κ3) is 3.12. The summed E-state index contributed by atoms with van der Waals surface area (Å²) >= 11 is 0. The van der Waals surface area contributed by atoms with Crippen LogP contribution in [0.3, 0.4) is 0 Å². The first kappa shape index (κ1) is 17.4. The molecule has 29 heavy (non-hydrogen) atoms. The number of rotatable bonds is 4. The molecule has 0 spiro atoms. The first-order valence-corrected chi connectivity index (χ1v) is 9.64. The van der Waals surface area contributed by atoms with Gasteiger partial charge in [-0.15, -0.1) is 0 Å². The molecule has 0 fully saturated rings. The number of aromatic carboxylic acids is 1. The van der Waals surface area contributed by atoms with E-state index in [2.05, 4.69) is 68.0 Å². The van der Waals surface area contributed by atoms with Gasteiger partial charge < -0.3 is 14.6 Å². The molecule has 0 aliphatic carbocycles. The van der Waals surface area contributed by atoms with Crippen molar-refractivity contribution in [3.8, 4) is 0 Å². The van der Waals surface area contributed by atoms with Gasteiger partial charge in [0.2, 0.25) is 5.95 Å². The molecule has 4 aromatic rings. The maximum atomic E-state index is 11.1. The Balaban J connectivity index is 1.54. The first-order chi connectivity index (χ1) is 14.2. The minimum atomic E-state index is -1.01. The molecule has 0 radical (unpaired) electrons. The average Bonchev–Trinajstić information content (AvgIpc) is 3.08. The van der Waals surface area contributed by atoms with Crippen LogP contribution in [0.2, 0.25) is 0 Å². The van der Waals surface area contributed by atoms with Crippen LogP contribution in [-0.4, -0.2) is 32.2 Å². The number of anilines is 1. The third-order valence-electron chi connectivity index (χ3n) is 5.52. The molecule has 0 saturated carbocycles. The van der Waals surface area contributed by atoms with E-state index in [0.29, 0.717) is 12.5 Å². The van der Waals surface area contributed by atoms with Gasteiger partial charge in [-0.25, -0.2) is 14.8 Å². The van der Waals surface area contributed by atoms with Gasteiger partial charge in [-0.2, -0.15) is 0 Å². The van der Waals surface area contributed by atoms with Crippen LogP contribution in [0.4, 0.5) is 5.95 Å². The number of carboxylic acid groups (broad SMARTS) is 1. The van der Waals surface area contributed by atoms with Gasteiger partial charge >= 0.3 is 5.97 Å². The zero-order chi connectivity index (χ0) is 19.8. The second-order valence-corrected chi connectivity index (χ2v) is 7.26. The standard InChI is InChI=1S/C23H20N4O2/c28-22(29)17-12-24-23(25-13-17)26-11-10-19-18-8-4-5-9-20(18)27(21(19)15-26)14-16-6-2-1-3-7-16/h1-9,12-13H,10-11,14-15H2,(H,28,29). The largest absolute Gasteiger partial charge is 0.478 e. The number of hydrogen-bond acceptors (Lipinski definition) is 4. The van der Waals surface area contributed by atoms with Crippen molar-refractivity contribution in [3.05, 3.63) is 89.4 Å². The molecule has 0 amide bonds. The SMILES string of the molecule is O=C(O)c1cnc(N2CCc3c(n(Cc4ccccc4)c4ccccc34)C2)nc1. The molecule has 6 heteroatoms. The van der Waals surface area contributed by atoms with Crippen molar-refractivity contribution in [3.63, 3.8) is 0 Å². The summed E-state index contributed by atoms with van der Waals surface area (Å²) in [6.07, 6.45) is 3.65. The average molecular weight is 384 g/mol. The van der Waals surface area contributed by atoms with Crippen molar-refractivity contribution in [1.82, 2.24) is 14.5 Å². The van der Waals surface area contributed by atoms with Gasteiger partial charge in [0.25, 0.3) is 0 Å². The zero-order valence-electron chi connectivity index (χ0n) is 15.8. The van der Waals surface area contributed by atoms with Gasteiger partial charge in [0.15, 0.2) is 0 Å². The summed E-state index contributed by atoms with van der Waals surface area (Å²) in [5.74, 6) is -0.447. The quantitative estimate of drug-likeness (QED) is 0.580. The summed E-state index contributed by atoms with van der Waals surface area (Å²) in [5.41, 5.74) is 5.26. The summed E-state index contributed by atoms with van der Waals surface area (Å²) in [5, 5.41) is 10.4. The van der Waals surface area contributed by atoms with E-state index in [1.54, 1.807) is 0 Å². The van der Waals surface area contributed by atoms with Crippen LogP contribution >= 0.6 is 0 Å². The number of nitrogens with zero attached hydrogens (tertiary/aromatic N) is 4. The lowest BCUT2D eigenvalue weighted by atomic mass is 10.0. The number of para-hydroxylation sites is 1. The van der Waals surface area contributed by atoms with Gasteiger partial charge in [-0.1, -0.05) is 48.5 Å². The normalized spacial score (nSPS) is 13.4. The smallest absolute Gasteiger partial charge is 0.338 e. The summed E-state index contributed by atoms with van der Waals surface area (Å²) in [7, 11) is 0. The highest BCUT2D eigenvalue weighted by molar-refractivity contribution is 5.87. The minimum absolute atomic E-state index is 0.102. The lowest BCUT2D eigenvalue weighted by molar-refractivity contribution is 0.0696. The number of benzene rings is 2. The van der Waals surface area contributed by atoms with Crippen molar-refractivity contribution < 1.29 is 9.90 Å². The Morgan fingerprint density at radius 3 is 2.48 bits per heavy atom. The molecule has 1 N–H and O–H groups in total. The second kappa shape index (κ2) is 7.05. The van der Waals surface area contributed by atoms with Gasteiger partial charge in [0.05, 0.1) is 12.1 Å². The van der Waals surface area contributed by atoms with Crippen molar-refractivity contribution in [1.29, 1.82) is 0 Å². The fraction of sp³-hybridized carbons (Fsp3) is 0.174. The minimum Gasteiger partial charge on any atom is -0.478 e. The second-order valence-electron chi connectivity index (χ2n) is 7.26. The number of hydrogen-bond donors (Lipinski definition) is 1. The summed E-state index contributed by atoms with van der Waals surface area (Å²) < 4.78 is 2.39. The molecular formula is C23H20N4O2. The Morgan fingerprint density at radius 1 is 1.00 bits per heavy atom. The molecule has 144 valence electrons. The zero-order valence-corrected chi connectivity index (χ0v) is 15.8. The van der Waals surface area contributed by atoms with Crippen molar-refractivity contribution in [2.75, 3.05) is 11.4 Å². The Morgan fingerprint density at radius 2 is 1.72 bits per heavy atom. The van der Waals surface area contributed by atoms with Gasteiger partial charge in [-0.3, -0.25) is 0 Å². The highest BCUT2D eigenvalue weighted by Crippen LogP contribution is 2.32. The van der Waals surface area contributed by atoms with E-state index in [-0.39, 0.29) is 5.56 Å². The van der Waals surface area contributed by atoms with Crippen LogP contribution in [-0.2, 0) is 19.5 Å². The van der Waals surface area contributed by atoms with Crippen molar-refractivity contribution in [2.24, 2.45) is 0 Å². The summed E-state index contributed by atoms with van der Waals surface area (Å²) in [6, 6.07) is 19.0. The van der Waals surface area contributed by atoms with E-state index in [1.165, 1.54) is 40.1 Å². The molecular weight excluding hydrogens is 364 g/mol. The van der Waals surface area contributed by atoms with Crippen molar-refractivity contribution in [2.45, 2.75) is 19.5 Å². The Labute approximate surface area is 168 Å². The van der Waals surface area contributed by atoms with Crippen LogP contribution in [0, 0.1) is 0 Å². The fourth-order valence-electron chi connectivity index (χ4n) is 4.11. The first-order valence-electron chi connectivity index (χ1n) is 9.64. The van der Waals surface area contributed by atoms with Crippen LogP contribution in [0.15, 0.2) is 67.0 Å². The molecule has 2 aromatic carbocycles. The van der Waals surface area contributed by atoms with Crippen LogP contribution in [0.5, 0.6) is 0 Å². The Hall–Kier alpha value is -3.67. The van der Waals surface area contributed by atoms with E-state index in [9.17, 15) is 4.79 Å². The maximum Gasteiger partial charge on any atom is 0.338 e. The highest BCUT2D eigenvalue weighted by Gasteiger charge is 2.25. The number of aromatic nitrogens is 3. The topological polar surface area (TPSA) is 71.2 Å². The van der Waals surface area contributed by atoms with Crippen LogP contribution in [0.1, 0.15) is 27.2 Å². The molecule has 1 aliphatic rings. The number of carbonyl (C=O) groups is 1. The van der Waals surface area contributed by atoms with Gasteiger partial charge in [0, 0.05) is 42.1 Å². The maximum absolute atomic E-state index is 11.1. The number of carboxylic acids is 1.